The topological polar surface area (TPSA) is 66.4 Å². The predicted molar refractivity (Wildman–Crippen MR) is 54.2 cm³/mol. The summed E-state index contributed by atoms with van der Waals surface area (Å²) < 4.78 is 0. The zero-order valence-electron chi connectivity index (χ0n) is 6.99. The highest BCUT2D eigenvalue weighted by molar-refractivity contribution is 8.07. The largest absolute Gasteiger partial charge is 0.480 e. The summed E-state index contributed by atoms with van der Waals surface area (Å²) in [6, 6.07) is 0. The van der Waals surface area contributed by atoms with E-state index in [1.807, 2.05) is 0 Å². The Hall–Kier alpha value is -0.360. The van der Waals surface area contributed by atoms with Crippen LogP contribution in [0.1, 0.15) is 0 Å². The van der Waals surface area contributed by atoms with Crippen LogP contribution in [0.15, 0.2) is 0 Å². The normalized spacial score (nSPS) is 22.3. The highest BCUT2D eigenvalue weighted by Gasteiger charge is 2.21. The third kappa shape index (κ3) is 3.91. The minimum atomic E-state index is -0.998. The van der Waals surface area contributed by atoms with Crippen molar-refractivity contribution >= 4 is 35.4 Å². The molecular formula is C7H11NO3S2. The molecule has 0 aliphatic carbocycles. The van der Waals surface area contributed by atoms with Crippen molar-refractivity contribution in [3.8, 4) is 0 Å². The summed E-state index contributed by atoms with van der Waals surface area (Å²) in [5.74, 6) is 1.68. The van der Waals surface area contributed by atoms with E-state index in [0.717, 1.165) is 17.3 Å². The number of carbonyl (C=O) groups is 2. The summed E-state index contributed by atoms with van der Waals surface area (Å²) in [5, 5.41) is 10.6. The van der Waals surface area contributed by atoms with Crippen LogP contribution in [0.2, 0.25) is 0 Å². The average molecular weight is 221 g/mol. The van der Waals surface area contributed by atoms with Crippen LogP contribution in [0, 0.1) is 0 Å². The summed E-state index contributed by atoms with van der Waals surface area (Å²) in [7, 11) is 0. The third-order valence-electron chi connectivity index (χ3n) is 1.52. The lowest BCUT2D eigenvalue weighted by molar-refractivity contribution is -0.137. The number of nitrogens with one attached hydrogen (secondary N) is 1. The minimum absolute atomic E-state index is 0.0712. The Morgan fingerprint density at radius 3 is 2.77 bits per heavy atom. The van der Waals surface area contributed by atoms with Crippen molar-refractivity contribution in [3.63, 3.8) is 0 Å². The highest BCUT2D eigenvalue weighted by atomic mass is 32.2. The lowest BCUT2D eigenvalue weighted by atomic mass is 10.4. The number of carboxylic acid groups (broad SMARTS) is 1. The van der Waals surface area contributed by atoms with Crippen LogP contribution in [-0.4, -0.2) is 46.0 Å². The average Bonchev–Trinajstić information content (AvgIpc) is 2.15. The summed E-state index contributed by atoms with van der Waals surface area (Å²) >= 11 is 3.33. The molecule has 0 aromatic carbocycles. The molecule has 0 aromatic rings. The van der Waals surface area contributed by atoms with Gasteiger partial charge in [-0.15, -0.1) is 11.8 Å². The van der Waals surface area contributed by atoms with Gasteiger partial charge in [0.15, 0.2) is 0 Å². The molecule has 0 saturated carbocycles. The molecule has 1 rings (SSSR count). The molecule has 1 unspecified atom stereocenters. The van der Waals surface area contributed by atoms with E-state index in [-0.39, 0.29) is 17.7 Å². The number of amides is 1. The van der Waals surface area contributed by atoms with Crippen molar-refractivity contribution in [2.45, 2.75) is 5.25 Å². The van der Waals surface area contributed by atoms with Gasteiger partial charge in [-0.05, 0) is 0 Å². The second kappa shape index (κ2) is 5.39. The molecule has 1 aliphatic rings. The van der Waals surface area contributed by atoms with E-state index in [4.69, 9.17) is 5.11 Å². The molecule has 1 aliphatic heterocycles. The third-order valence-corrected chi connectivity index (χ3v) is 4.28. The maximum absolute atomic E-state index is 11.3. The number of hydrogen-bond acceptors (Lipinski definition) is 4. The minimum Gasteiger partial charge on any atom is -0.480 e. The van der Waals surface area contributed by atoms with Crippen molar-refractivity contribution in [1.82, 2.24) is 5.32 Å². The van der Waals surface area contributed by atoms with Crippen LogP contribution < -0.4 is 5.32 Å². The van der Waals surface area contributed by atoms with Gasteiger partial charge < -0.3 is 10.4 Å². The van der Waals surface area contributed by atoms with Crippen LogP contribution in [-0.2, 0) is 9.59 Å². The first kappa shape index (κ1) is 10.7. The summed E-state index contributed by atoms with van der Waals surface area (Å²) in [6.07, 6.45) is 0. The van der Waals surface area contributed by atoms with Gasteiger partial charge in [0, 0.05) is 17.3 Å². The highest BCUT2D eigenvalue weighted by Crippen LogP contribution is 2.23. The lowest BCUT2D eigenvalue weighted by Gasteiger charge is -2.19. The number of hydrogen-bond donors (Lipinski definition) is 2. The Morgan fingerprint density at radius 2 is 2.23 bits per heavy atom. The molecular weight excluding hydrogens is 210 g/mol. The summed E-state index contributed by atoms with van der Waals surface area (Å²) in [4.78, 5) is 21.5. The quantitative estimate of drug-likeness (QED) is 0.704. The smallest absolute Gasteiger partial charge is 0.322 e. The molecule has 0 aromatic heterocycles. The molecule has 1 atom stereocenters. The van der Waals surface area contributed by atoms with Crippen LogP contribution in [0.5, 0.6) is 0 Å². The maximum atomic E-state index is 11.3. The molecule has 74 valence electrons. The summed E-state index contributed by atoms with van der Waals surface area (Å²) in [5.41, 5.74) is 0. The molecule has 1 fully saturated rings. The fourth-order valence-corrected chi connectivity index (χ4v) is 3.50. The Morgan fingerprint density at radius 1 is 1.46 bits per heavy atom. The van der Waals surface area contributed by atoms with Crippen molar-refractivity contribution in [1.29, 1.82) is 0 Å². The first-order valence-corrected chi connectivity index (χ1v) is 6.09. The van der Waals surface area contributed by atoms with E-state index in [1.54, 1.807) is 23.5 Å². The Bertz CT molecular complexity index is 204. The Labute approximate surface area is 84.8 Å². The van der Waals surface area contributed by atoms with E-state index in [9.17, 15) is 9.59 Å². The molecule has 0 bridgehead atoms. The Balaban J connectivity index is 2.25. The monoisotopic (exact) mass is 221 g/mol. The first-order valence-electron chi connectivity index (χ1n) is 3.89. The number of carboxylic acids is 1. The number of aliphatic carboxylic acids is 1. The lowest BCUT2D eigenvalue weighted by Crippen LogP contribution is -2.38. The van der Waals surface area contributed by atoms with E-state index in [0.29, 0.717) is 0 Å². The van der Waals surface area contributed by atoms with Crippen LogP contribution in [0.3, 0.4) is 0 Å². The SMILES string of the molecule is O=C(O)CNC(=O)C1CSCCS1. The van der Waals surface area contributed by atoms with Gasteiger partial charge in [0.05, 0.1) is 5.25 Å². The van der Waals surface area contributed by atoms with Crippen LogP contribution >= 0.6 is 23.5 Å². The van der Waals surface area contributed by atoms with Gasteiger partial charge >= 0.3 is 5.97 Å². The number of carbonyl (C=O) groups excluding carboxylic acids is 1. The zero-order chi connectivity index (χ0) is 9.68. The van der Waals surface area contributed by atoms with Gasteiger partial charge in [-0.1, -0.05) is 0 Å². The standard InChI is InChI=1S/C7H11NO3S2/c9-6(10)3-8-7(11)5-4-12-1-2-13-5/h5H,1-4H2,(H,8,11)(H,9,10). The van der Waals surface area contributed by atoms with E-state index in [2.05, 4.69) is 5.32 Å². The first-order chi connectivity index (χ1) is 6.20. The second-order valence-corrected chi connectivity index (χ2v) is 5.01. The van der Waals surface area contributed by atoms with Crippen LogP contribution in [0.25, 0.3) is 0 Å². The van der Waals surface area contributed by atoms with Crippen molar-refractivity contribution < 1.29 is 14.7 Å². The van der Waals surface area contributed by atoms with Crippen molar-refractivity contribution in [2.24, 2.45) is 0 Å². The maximum Gasteiger partial charge on any atom is 0.322 e. The van der Waals surface area contributed by atoms with E-state index in [1.165, 1.54) is 0 Å². The van der Waals surface area contributed by atoms with Crippen LogP contribution in [0.4, 0.5) is 0 Å². The molecule has 6 heteroatoms. The number of thioether (sulfide) groups is 2. The molecule has 1 saturated heterocycles. The molecule has 0 spiro atoms. The van der Waals surface area contributed by atoms with Gasteiger partial charge in [0.2, 0.25) is 5.91 Å². The molecule has 1 heterocycles. The predicted octanol–water partition coefficient (Wildman–Crippen LogP) is 0.0358. The van der Waals surface area contributed by atoms with Gasteiger partial charge in [-0.25, -0.2) is 0 Å². The van der Waals surface area contributed by atoms with Gasteiger partial charge in [0.25, 0.3) is 0 Å². The van der Waals surface area contributed by atoms with E-state index >= 15 is 0 Å². The fourth-order valence-electron chi connectivity index (χ4n) is 0.916. The van der Waals surface area contributed by atoms with Crippen molar-refractivity contribution in [2.75, 3.05) is 23.8 Å². The molecule has 4 nitrogen and oxygen atoms in total. The molecule has 1 amide bonds. The molecule has 2 N–H and O–H groups in total. The zero-order valence-corrected chi connectivity index (χ0v) is 8.62. The van der Waals surface area contributed by atoms with Gasteiger partial charge in [0.1, 0.15) is 6.54 Å². The van der Waals surface area contributed by atoms with Gasteiger partial charge in [-0.3, -0.25) is 9.59 Å². The molecule has 0 radical (unpaired) electrons. The summed E-state index contributed by atoms with van der Waals surface area (Å²) in [6.45, 7) is -0.277. The fraction of sp³-hybridized carbons (Fsp3) is 0.714. The van der Waals surface area contributed by atoms with Gasteiger partial charge in [-0.2, -0.15) is 11.8 Å². The van der Waals surface area contributed by atoms with E-state index < -0.39 is 5.97 Å². The molecule has 13 heavy (non-hydrogen) atoms. The number of rotatable bonds is 3. The van der Waals surface area contributed by atoms with Crippen molar-refractivity contribution in [3.05, 3.63) is 0 Å². The Kier molecular flexibility index (Phi) is 4.44. The second-order valence-electron chi connectivity index (χ2n) is 2.55.